The van der Waals surface area contributed by atoms with Crippen LogP contribution in [0.25, 0.3) is 10.8 Å². The van der Waals surface area contributed by atoms with Gasteiger partial charge in [-0.3, -0.25) is 4.98 Å². The van der Waals surface area contributed by atoms with E-state index < -0.39 is 0 Å². The molecule has 2 aromatic rings. The summed E-state index contributed by atoms with van der Waals surface area (Å²) in [5, 5.41) is 2.38. The minimum atomic E-state index is 0. The SMILES string of the molecule is COc1cc2c(C)nccc2cc1C.Cl. The molecular weight excluding hydrogens is 210 g/mol. The third-order valence-electron chi connectivity index (χ3n) is 2.48. The monoisotopic (exact) mass is 223 g/mol. The van der Waals surface area contributed by atoms with E-state index in [0.29, 0.717) is 0 Å². The molecule has 2 rings (SSSR count). The molecule has 0 radical (unpaired) electrons. The molecule has 0 bridgehead atoms. The molecule has 0 aliphatic heterocycles. The molecule has 0 fully saturated rings. The summed E-state index contributed by atoms with van der Waals surface area (Å²) < 4.78 is 5.28. The molecular formula is C12H14ClNO. The lowest BCUT2D eigenvalue weighted by atomic mass is 10.1. The van der Waals surface area contributed by atoms with Crippen LogP contribution in [0.15, 0.2) is 24.4 Å². The average Bonchev–Trinajstić information content (AvgIpc) is 2.17. The maximum Gasteiger partial charge on any atom is 0.122 e. The third kappa shape index (κ3) is 2.05. The highest BCUT2D eigenvalue weighted by atomic mass is 35.5. The molecule has 80 valence electrons. The highest BCUT2D eigenvalue weighted by molar-refractivity contribution is 5.86. The van der Waals surface area contributed by atoms with E-state index in [4.69, 9.17) is 4.74 Å². The van der Waals surface area contributed by atoms with Crippen LogP contribution in [0, 0.1) is 13.8 Å². The van der Waals surface area contributed by atoms with Crippen LogP contribution < -0.4 is 4.74 Å². The fraction of sp³-hybridized carbons (Fsp3) is 0.250. The van der Waals surface area contributed by atoms with Gasteiger partial charge in [-0.1, -0.05) is 0 Å². The number of methoxy groups -OCH3 is 1. The van der Waals surface area contributed by atoms with E-state index in [-0.39, 0.29) is 12.4 Å². The number of nitrogens with zero attached hydrogens (tertiary/aromatic N) is 1. The maximum absolute atomic E-state index is 5.28. The summed E-state index contributed by atoms with van der Waals surface area (Å²) in [5.74, 6) is 0.925. The van der Waals surface area contributed by atoms with Gasteiger partial charge in [0.05, 0.1) is 7.11 Å². The zero-order chi connectivity index (χ0) is 10.1. The number of ether oxygens (including phenoxy) is 1. The van der Waals surface area contributed by atoms with Crippen molar-refractivity contribution in [3.63, 3.8) is 0 Å². The molecule has 0 atom stereocenters. The van der Waals surface area contributed by atoms with E-state index >= 15 is 0 Å². The fourth-order valence-corrected chi connectivity index (χ4v) is 1.68. The Hall–Kier alpha value is -1.28. The van der Waals surface area contributed by atoms with Crippen molar-refractivity contribution in [1.29, 1.82) is 0 Å². The second-order valence-electron chi connectivity index (χ2n) is 3.44. The Morgan fingerprint density at radius 3 is 2.60 bits per heavy atom. The highest BCUT2D eigenvalue weighted by Gasteiger charge is 2.03. The first-order valence-electron chi connectivity index (χ1n) is 4.62. The fourth-order valence-electron chi connectivity index (χ4n) is 1.68. The molecule has 2 nitrogen and oxygen atoms in total. The Balaban J connectivity index is 0.00000112. The van der Waals surface area contributed by atoms with Crippen LogP contribution in [-0.4, -0.2) is 12.1 Å². The molecule has 1 aromatic carbocycles. The third-order valence-corrected chi connectivity index (χ3v) is 2.48. The van der Waals surface area contributed by atoms with Crippen molar-refractivity contribution in [3.8, 4) is 5.75 Å². The quantitative estimate of drug-likeness (QED) is 0.740. The molecule has 0 saturated heterocycles. The van der Waals surface area contributed by atoms with Crippen molar-refractivity contribution in [3.05, 3.63) is 35.7 Å². The van der Waals surface area contributed by atoms with E-state index in [9.17, 15) is 0 Å². The standard InChI is InChI=1S/C12H13NO.ClH/c1-8-6-10-4-5-13-9(2)11(10)7-12(8)14-3;/h4-7H,1-3H3;1H. The van der Waals surface area contributed by atoms with Gasteiger partial charge in [-0.05, 0) is 43.0 Å². The van der Waals surface area contributed by atoms with Crippen molar-refractivity contribution in [2.75, 3.05) is 7.11 Å². The van der Waals surface area contributed by atoms with Crippen molar-refractivity contribution in [1.82, 2.24) is 4.98 Å². The Kier molecular flexibility index (Phi) is 3.53. The molecule has 0 N–H and O–H groups in total. The first-order valence-corrected chi connectivity index (χ1v) is 4.62. The van der Waals surface area contributed by atoms with Gasteiger partial charge >= 0.3 is 0 Å². The van der Waals surface area contributed by atoms with Crippen LogP contribution >= 0.6 is 12.4 Å². The van der Waals surface area contributed by atoms with Gasteiger partial charge in [-0.25, -0.2) is 0 Å². The maximum atomic E-state index is 5.28. The van der Waals surface area contributed by atoms with Gasteiger partial charge < -0.3 is 4.74 Å². The molecule has 0 unspecified atom stereocenters. The van der Waals surface area contributed by atoms with Gasteiger partial charge in [0.25, 0.3) is 0 Å². The summed E-state index contributed by atoms with van der Waals surface area (Å²) in [6, 6.07) is 6.20. The second kappa shape index (κ2) is 4.49. The molecule has 0 saturated carbocycles. The smallest absolute Gasteiger partial charge is 0.122 e. The number of pyridine rings is 1. The number of halogens is 1. The number of fused-ring (bicyclic) bond motifs is 1. The summed E-state index contributed by atoms with van der Waals surface area (Å²) in [7, 11) is 1.69. The molecule has 1 heterocycles. The van der Waals surface area contributed by atoms with E-state index in [1.54, 1.807) is 7.11 Å². The topological polar surface area (TPSA) is 22.1 Å². The van der Waals surface area contributed by atoms with Gasteiger partial charge in [0.2, 0.25) is 0 Å². The minimum Gasteiger partial charge on any atom is -0.496 e. The first-order chi connectivity index (χ1) is 6.72. The van der Waals surface area contributed by atoms with Crippen molar-refractivity contribution < 1.29 is 4.74 Å². The molecule has 0 aliphatic carbocycles. The number of rotatable bonds is 1. The Bertz CT molecular complexity index is 482. The summed E-state index contributed by atoms with van der Waals surface area (Å²) in [6.07, 6.45) is 1.84. The number of aromatic nitrogens is 1. The van der Waals surface area contributed by atoms with Gasteiger partial charge in [0.1, 0.15) is 5.75 Å². The number of hydrogen-bond donors (Lipinski definition) is 0. The second-order valence-corrected chi connectivity index (χ2v) is 3.44. The lowest BCUT2D eigenvalue weighted by Gasteiger charge is -2.07. The van der Waals surface area contributed by atoms with Crippen LogP contribution in [0.3, 0.4) is 0 Å². The van der Waals surface area contributed by atoms with Gasteiger partial charge in [0.15, 0.2) is 0 Å². The van der Waals surface area contributed by atoms with Crippen LogP contribution in [0.5, 0.6) is 5.75 Å². The van der Waals surface area contributed by atoms with Gasteiger partial charge in [-0.15, -0.1) is 12.4 Å². The van der Waals surface area contributed by atoms with E-state index in [1.165, 1.54) is 5.39 Å². The van der Waals surface area contributed by atoms with E-state index in [1.807, 2.05) is 32.2 Å². The van der Waals surface area contributed by atoms with E-state index in [2.05, 4.69) is 11.1 Å². The predicted molar refractivity (Wildman–Crippen MR) is 65.0 cm³/mol. The van der Waals surface area contributed by atoms with Crippen LogP contribution in [0.1, 0.15) is 11.3 Å². The van der Waals surface area contributed by atoms with Gasteiger partial charge in [-0.2, -0.15) is 0 Å². The molecule has 1 aromatic heterocycles. The van der Waals surface area contributed by atoms with Crippen LogP contribution in [0.4, 0.5) is 0 Å². The number of benzene rings is 1. The summed E-state index contributed by atoms with van der Waals surface area (Å²) in [5.41, 5.74) is 2.20. The van der Waals surface area contributed by atoms with Crippen molar-refractivity contribution in [2.24, 2.45) is 0 Å². The predicted octanol–water partition coefficient (Wildman–Crippen LogP) is 3.28. The lowest BCUT2D eigenvalue weighted by molar-refractivity contribution is 0.412. The zero-order valence-corrected chi connectivity index (χ0v) is 9.89. The Morgan fingerprint density at radius 2 is 1.93 bits per heavy atom. The zero-order valence-electron chi connectivity index (χ0n) is 9.07. The van der Waals surface area contributed by atoms with Gasteiger partial charge in [0, 0.05) is 17.3 Å². The first kappa shape index (κ1) is 11.8. The Morgan fingerprint density at radius 1 is 1.20 bits per heavy atom. The van der Waals surface area contributed by atoms with Crippen LogP contribution in [0.2, 0.25) is 0 Å². The van der Waals surface area contributed by atoms with Crippen molar-refractivity contribution >= 4 is 23.2 Å². The largest absolute Gasteiger partial charge is 0.496 e. The minimum absolute atomic E-state index is 0. The average molecular weight is 224 g/mol. The summed E-state index contributed by atoms with van der Waals surface area (Å²) >= 11 is 0. The van der Waals surface area contributed by atoms with Crippen molar-refractivity contribution in [2.45, 2.75) is 13.8 Å². The summed E-state index contributed by atoms with van der Waals surface area (Å²) in [6.45, 7) is 4.06. The lowest BCUT2D eigenvalue weighted by Crippen LogP contribution is -1.89. The normalized spacial score (nSPS) is 9.80. The Labute approximate surface area is 95.7 Å². The highest BCUT2D eigenvalue weighted by Crippen LogP contribution is 2.26. The molecule has 0 amide bonds. The number of hydrogen-bond acceptors (Lipinski definition) is 2. The molecule has 0 spiro atoms. The number of aryl methyl sites for hydroxylation is 2. The molecule has 15 heavy (non-hydrogen) atoms. The van der Waals surface area contributed by atoms with E-state index in [0.717, 1.165) is 22.4 Å². The molecule has 3 heteroatoms. The molecule has 0 aliphatic rings. The van der Waals surface area contributed by atoms with Crippen LogP contribution in [-0.2, 0) is 0 Å². The summed E-state index contributed by atoms with van der Waals surface area (Å²) in [4.78, 5) is 4.26.